The predicted octanol–water partition coefficient (Wildman–Crippen LogP) is 5.01. The first-order valence-electron chi connectivity index (χ1n) is 11.6. The lowest BCUT2D eigenvalue weighted by Gasteiger charge is -2.27. The van der Waals surface area contributed by atoms with E-state index in [2.05, 4.69) is 15.3 Å². The predicted molar refractivity (Wildman–Crippen MR) is 139 cm³/mol. The van der Waals surface area contributed by atoms with Crippen LogP contribution >= 0.6 is 11.3 Å². The molecule has 0 unspecified atom stereocenters. The zero-order valence-corrected chi connectivity index (χ0v) is 22.1. The number of aryl methyl sites for hydroxylation is 3. The van der Waals surface area contributed by atoms with Gasteiger partial charge in [0.05, 0.1) is 9.75 Å². The van der Waals surface area contributed by atoms with Crippen LogP contribution in [0.25, 0.3) is 21.3 Å². The van der Waals surface area contributed by atoms with E-state index >= 15 is 8.78 Å². The molecule has 0 saturated heterocycles. The van der Waals surface area contributed by atoms with E-state index in [1.165, 1.54) is 29.9 Å². The topological polar surface area (TPSA) is 109 Å². The molecule has 0 fully saturated rings. The number of carbonyl (C=O) groups excluding carboxylic acids is 1. The number of nitrogens with zero attached hydrogens (tertiary/aromatic N) is 2. The van der Waals surface area contributed by atoms with E-state index in [1.54, 1.807) is 20.0 Å². The third-order valence-corrected chi connectivity index (χ3v) is 7.16. The van der Waals surface area contributed by atoms with Crippen molar-refractivity contribution in [2.45, 2.75) is 46.1 Å². The van der Waals surface area contributed by atoms with Gasteiger partial charge in [-0.05, 0) is 52.3 Å². The zero-order valence-electron chi connectivity index (χ0n) is 21.3. The number of H-pyrrole nitrogens is 1. The maximum atomic E-state index is 15.3. The number of alkyl halides is 2. The maximum Gasteiger partial charge on any atom is 0.309 e. The fourth-order valence-corrected chi connectivity index (χ4v) is 5.14. The number of hydrogen-bond acceptors (Lipinski definition) is 6. The molecule has 4 heterocycles. The average Bonchev–Trinajstić information content (AvgIpc) is 3.43. The summed E-state index contributed by atoms with van der Waals surface area (Å²) >= 11 is 0.739. The molecule has 0 spiro atoms. The molecule has 0 aliphatic carbocycles. The van der Waals surface area contributed by atoms with Gasteiger partial charge in [0, 0.05) is 48.6 Å². The van der Waals surface area contributed by atoms with Gasteiger partial charge in [-0.1, -0.05) is 0 Å². The van der Waals surface area contributed by atoms with Crippen LogP contribution in [0.5, 0.6) is 11.6 Å². The molecule has 0 aliphatic rings. The quantitative estimate of drug-likeness (QED) is 0.311. The summed E-state index contributed by atoms with van der Waals surface area (Å²) in [6.07, 6.45) is 3.12. The number of thiophene rings is 1. The van der Waals surface area contributed by atoms with Crippen LogP contribution in [0, 0.1) is 13.8 Å². The molecule has 0 aromatic carbocycles. The lowest BCUT2D eigenvalue weighted by molar-refractivity contribution is -0.166. The van der Waals surface area contributed by atoms with Crippen molar-refractivity contribution in [3.8, 4) is 22.1 Å². The highest BCUT2D eigenvalue weighted by atomic mass is 32.1. The largest absolute Gasteiger partial charge is 0.437 e. The van der Waals surface area contributed by atoms with Gasteiger partial charge in [0.1, 0.15) is 22.6 Å². The Labute approximate surface area is 215 Å². The maximum absolute atomic E-state index is 15.3. The highest BCUT2D eigenvalue weighted by Gasteiger charge is 2.49. The number of rotatable bonds is 7. The summed E-state index contributed by atoms with van der Waals surface area (Å²) in [4.78, 5) is 32.4. The Hall–Kier alpha value is -3.57. The standard InChI is InChI=1S/C26H28F2N4O4S/c1-7-29-22(33)17-9-15-16(12-32(6)24(34)20(15)31-17)21-18(36-23-14(3)8-13(2)11-30-23)10-19(37-21)26(27,28)25(4,5)35/h8-12,31,35H,7H2,1-6H3,(H,29,33). The number of amides is 1. The van der Waals surface area contributed by atoms with Gasteiger partial charge < -0.3 is 24.7 Å². The highest BCUT2D eigenvalue weighted by Crippen LogP contribution is 2.50. The van der Waals surface area contributed by atoms with Gasteiger partial charge in [0.2, 0.25) is 5.88 Å². The van der Waals surface area contributed by atoms with Gasteiger partial charge in [-0.2, -0.15) is 8.78 Å². The van der Waals surface area contributed by atoms with E-state index in [0.717, 1.165) is 30.7 Å². The Balaban J connectivity index is 1.98. The van der Waals surface area contributed by atoms with Gasteiger partial charge in [-0.15, -0.1) is 11.3 Å². The lowest BCUT2D eigenvalue weighted by atomic mass is 9.99. The Bertz CT molecular complexity index is 1560. The first-order valence-corrected chi connectivity index (χ1v) is 12.4. The summed E-state index contributed by atoms with van der Waals surface area (Å²) in [5.41, 5.74) is -0.381. The minimum absolute atomic E-state index is 0.0871. The molecule has 4 aromatic heterocycles. The molecule has 0 aliphatic heterocycles. The van der Waals surface area contributed by atoms with Crippen molar-refractivity contribution in [1.29, 1.82) is 0 Å². The van der Waals surface area contributed by atoms with Crippen molar-refractivity contribution in [3.05, 3.63) is 62.6 Å². The van der Waals surface area contributed by atoms with Crippen LogP contribution in [0.3, 0.4) is 0 Å². The van der Waals surface area contributed by atoms with Crippen molar-refractivity contribution in [1.82, 2.24) is 19.9 Å². The summed E-state index contributed by atoms with van der Waals surface area (Å²) in [5.74, 6) is -3.68. The third kappa shape index (κ3) is 4.76. The molecule has 1 amide bonds. The molecule has 3 N–H and O–H groups in total. The van der Waals surface area contributed by atoms with Gasteiger partial charge in [0.25, 0.3) is 11.5 Å². The molecular weight excluding hydrogens is 502 g/mol. The van der Waals surface area contributed by atoms with Crippen molar-refractivity contribution >= 4 is 28.1 Å². The number of aromatic amines is 1. The Morgan fingerprint density at radius 2 is 1.97 bits per heavy atom. The average molecular weight is 531 g/mol. The number of nitrogens with one attached hydrogen (secondary N) is 2. The Kier molecular flexibility index (Phi) is 6.72. The van der Waals surface area contributed by atoms with E-state index in [4.69, 9.17) is 4.74 Å². The molecule has 196 valence electrons. The molecule has 4 aromatic rings. The molecule has 0 saturated carbocycles. The number of pyridine rings is 2. The van der Waals surface area contributed by atoms with Crippen LogP contribution in [0.1, 0.15) is 47.3 Å². The zero-order chi connectivity index (χ0) is 27.3. The Morgan fingerprint density at radius 1 is 1.27 bits per heavy atom. The number of halogens is 2. The van der Waals surface area contributed by atoms with E-state index in [0.29, 0.717) is 27.9 Å². The fraction of sp³-hybridized carbons (Fsp3) is 0.346. The summed E-state index contributed by atoms with van der Waals surface area (Å²) in [6, 6.07) is 4.56. The van der Waals surface area contributed by atoms with Crippen LogP contribution in [-0.4, -0.2) is 37.7 Å². The molecular formula is C26H28F2N4O4S. The molecule has 0 bridgehead atoms. The number of ether oxygens (including phenoxy) is 1. The normalized spacial score (nSPS) is 12.2. The van der Waals surface area contributed by atoms with Gasteiger partial charge in [-0.3, -0.25) is 9.59 Å². The van der Waals surface area contributed by atoms with E-state index in [1.807, 2.05) is 13.0 Å². The van der Waals surface area contributed by atoms with Crippen molar-refractivity contribution in [3.63, 3.8) is 0 Å². The van der Waals surface area contributed by atoms with Crippen molar-refractivity contribution in [2.24, 2.45) is 7.05 Å². The number of fused-ring (bicyclic) bond motifs is 1. The Morgan fingerprint density at radius 3 is 2.59 bits per heavy atom. The summed E-state index contributed by atoms with van der Waals surface area (Å²) < 4.78 is 37.9. The summed E-state index contributed by atoms with van der Waals surface area (Å²) in [6.45, 7) is 7.90. The van der Waals surface area contributed by atoms with Crippen molar-refractivity contribution < 1.29 is 23.4 Å². The molecule has 0 atom stereocenters. The second kappa shape index (κ2) is 9.38. The molecule has 11 heteroatoms. The van der Waals surface area contributed by atoms with Gasteiger partial charge in [0.15, 0.2) is 0 Å². The van der Waals surface area contributed by atoms with E-state index in [9.17, 15) is 14.7 Å². The van der Waals surface area contributed by atoms with Crippen LogP contribution in [0.2, 0.25) is 0 Å². The minimum atomic E-state index is -3.60. The fourth-order valence-electron chi connectivity index (χ4n) is 3.90. The first-order chi connectivity index (χ1) is 17.2. The molecule has 4 rings (SSSR count). The van der Waals surface area contributed by atoms with Crippen LogP contribution in [-0.2, 0) is 13.0 Å². The minimum Gasteiger partial charge on any atom is -0.437 e. The number of hydrogen-bond donors (Lipinski definition) is 3. The highest BCUT2D eigenvalue weighted by molar-refractivity contribution is 7.16. The molecule has 0 radical (unpaired) electrons. The number of aromatic nitrogens is 3. The lowest BCUT2D eigenvalue weighted by Crippen LogP contribution is -2.39. The monoisotopic (exact) mass is 530 g/mol. The third-order valence-electron chi connectivity index (χ3n) is 5.94. The van der Waals surface area contributed by atoms with E-state index in [-0.39, 0.29) is 28.4 Å². The van der Waals surface area contributed by atoms with Crippen LogP contribution in [0.4, 0.5) is 8.78 Å². The SMILES string of the molecule is CCNC(=O)c1cc2c(-c3sc(C(F)(F)C(C)(C)O)cc3Oc3ncc(C)cc3C)cn(C)c(=O)c2[nH]1. The molecule has 8 nitrogen and oxygen atoms in total. The van der Waals surface area contributed by atoms with Gasteiger partial charge in [-0.25, -0.2) is 4.98 Å². The molecule has 37 heavy (non-hydrogen) atoms. The van der Waals surface area contributed by atoms with Crippen LogP contribution in [0.15, 0.2) is 35.4 Å². The van der Waals surface area contributed by atoms with E-state index < -0.39 is 22.3 Å². The summed E-state index contributed by atoms with van der Waals surface area (Å²) in [5, 5.41) is 13.3. The number of aliphatic hydroxyl groups is 1. The first kappa shape index (κ1) is 26.5. The summed E-state index contributed by atoms with van der Waals surface area (Å²) in [7, 11) is 1.53. The van der Waals surface area contributed by atoms with Crippen LogP contribution < -0.4 is 15.6 Å². The number of carbonyl (C=O) groups is 1. The van der Waals surface area contributed by atoms with Crippen molar-refractivity contribution in [2.75, 3.05) is 6.54 Å². The smallest absolute Gasteiger partial charge is 0.309 e. The second-order valence-electron chi connectivity index (χ2n) is 9.46. The van der Waals surface area contributed by atoms with Gasteiger partial charge >= 0.3 is 5.92 Å². The second-order valence-corrected chi connectivity index (χ2v) is 10.5.